The summed E-state index contributed by atoms with van der Waals surface area (Å²) in [6.07, 6.45) is -0.252. The quantitative estimate of drug-likeness (QED) is 0.560. The molecule has 0 unspecified atom stereocenters. The van der Waals surface area contributed by atoms with Gasteiger partial charge in [0.05, 0.1) is 24.8 Å². The standard InChI is InChI=1S/C16H23N3O5/c1-19(2)9-8-17-13(15(21)22)10-14(20)18-12-7-5-4-6-11(12)16(23)24-3/h4-7,13,17H,8-10H2,1-3H3,(H,18,20)(H,21,22)/t13-/m0/s1. The van der Waals surface area contributed by atoms with Crippen molar-refractivity contribution < 1.29 is 24.2 Å². The Balaban J connectivity index is 2.70. The minimum Gasteiger partial charge on any atom is -0.480 e. The smallest absolute Gasteiger partial charge is 0.339 e. The molecule has 1 aromatic carbocycles. The minimum absolute atomic E-state index is 0.209. The lowest BCUT2D eigenvalue weighted by atomic mass is 10.1. The van der Waals surface area contributed by atoms with E-state index in [1.54, 1.807) is 18.2 Å². The van der Waals surface area contributed by atoms with Gasteiger partial charge in [0.1, 0.15) is 6.04 Å². The molecule has 0 saturated heterocycles. The summed E-state index contributed by atoms with van der Waals surface area (Å²) in [6, 6.07) is 5.37. The number of esters is 1. The fourth-order valence-electron chi connectivity index (χ4n) is 1.98. The number of aliphatic carboxylic acids is 1. The van der Waals surface area contributed by atoms with Crippen molar-refractivity contribution in [1.82, 2.24) is 10.2 Å². The van der Waals surface area contributed by atoms with E-state index >= 15 is 0 Å². The molecule has 8 heteroatoms. The van der Waals surface area contributed by atoms with Crippen LogP contribution in [0.3, 0.4) is 0 Å². The molecule has 0 aliphatic carbocycles. The van der Waals surface area contributed by atoms with Crippen LogP contribution in [0.5, 0.6) is 0 Å². The maximum atomic E-state index is 12.1. The summed E-state index contributed by atoms with van der Waals surface area (Å²) in [7, 11) is 4.98. The van der Waals surface area contributed by atoms with Crippen molar-refractivity contribution in [3.05, 3.63) is 29.8 Å². The number of anilines is 1. The van der Waals surface area contributed by atoms with Crippen LogP contribution < -0.4 is 10.6 Å². The third kappa shape index (κ3) is 6.35. The van der Waals surface area contributed by atoms with E-state index in [1.807, 2.05) is 19.0 Å². The molecule has 8 nitrogen and oxygen atoms in total. The number of amides is 1. The first-order valence-corrected chi connectivity index (χ1v) is 7.43. The second-order valence-corrected chi connectivity index (χ2v) is 5.44. The summed E-state index contributed by atoms with van der Waals surface area (Å²) in [5, 5.41) is 14.6. The first kappa shape index (κ1) is 19.6. The average Bonchev–Trinajstić information content (AvgIpc) is 2.53. The lowest BCUT2D eigenvalue weighted by Crippen LogP contribution is -2.42. The van der Waals surface area contributed by atoms with Gasteiger partial charge in [-0.3, -0.25) is 9.59 Å². The van der Waals surface area contributed by atoms with E-state index in [4.69, 9.17) is 0 Å². The number of carboxylic acid groups (broad SMARTS) is 1. The molecule has 3 N–H and O–H groups in total. The Kier molecular flexibility index (Phi) is 7.87. The van der Waals surface area contributed by atoms with E-state index in [1.165, 1.54) is 13.2 Å². The molecule has 1 amide bonds. The monoisotopic (exact) mass is 337 g/mol. The molecule has 1 rings (SSSR count). The van der Waals surface area contributed by atoms with Crippen LogP contribution in [0.2, 0.25) is 0 Å². The first-order valence-electron chi connectivity index (χ1n) is 7.43. The number of para-hydroxylation sites is 1. The highest BCUT2D eigenvalue weighted by Crippen LogP contribution is 2.16. The number of nitrogens with one attached hydrogen (secondary N) is 2. The van der Waals surface area contributed by atoms with Crippen molar-refractivity contribution in [2.45, 2.75) is 12.5 Å². The summed E-state index contributed by atoms with van der Waals surface area (Å²) < 4.78 is 4.65. The van der Waals surface area contributed by atoms with Crippen LogP contribution in [-0.4, -0.2) is 68.2 Å². The van der Waals surface area contributed by atoms with E-state index in [0.717, 1.165) is 0 Å². The van der Waals surface area contributed by atoms with Gasteiger partial charge in [-0.05, 0) is 26.2 Å². The van der Waals surface area contributed by atoms with E-state index in [2.05, 4.69) is 15.4 Å². The fraction of sp³-hybridized carbons (Fsp3) is 0.438. The van der Waals surface area contributed by atoms with Crippen LogP contribution in [0.15, 0.2) is 24.3 Å². The summed E-state index contributed by atoms with van der Waals surface area (Å²) in [6.45, 7) is 1.09. The summed E-state index contributed by atoms with van der Waals surface area (Å²) in [4.78, 5) is 36.9. The molecule has 0 fully saturated rings. The Morgan fingerprint density at radius 3 is 2.50 bits per heavy atom. The number of methoxy groups -OCH3 is 1. The molecular weight excluding hydrogens is 314 g/mol. The van der Waals surface area contributed by atoms with Gasteiger partial charge in [-0.2, -0.15) is 0 Å². The topological polar surface area (TPSA) is 108 Å². The largest absolute Gasteiger partial charge is 0.480 e. The Bertz CT molecular complexity index is 589. The Morgan fingerprint density at radius 2 is 1.92 bits per heavy atom. The second kappa shape index (κ2) is 9.64. The lowest BCUT2D eigenvalue weighted by molar-refractivity contribution is -0.141. The zero-order valence-electron chi connectivity index (χ0n) is 14.0. The van der Waals surface area contributed by atoms with Crippen molar-refractivity contribution >= 4 is 23.5 Å². The third-order valence-corrected chi connectivity index (χ3v) is 3.24. The van der Waals surface area contributed by atoms with Crippen molar-refractivity contribution in [3.8, 4) is 0 Å². The van der Waals surface area contributed by atoms with Crippen LogP contribution in [0, 0.1) is 0 Å². The van der Waals surface area contributed by atoms with Gasteiger partial charge in [-0.1, -0.05) is 12.1 Å². The highest BCUT2D eigenvalue weighted by Gasteiger charge is 2.21. The molecule has 0 heterocycles. The number of likely N-dealkylation sites (N-methyl/N-ethyl adjacent to an activating group) is 1. The molecule has 0 spiro atoms. The number of carbonyl (C=O) groups excluding carboxylic acids is 2. The zero-order valence-corrected chi connectivity index (χ0v) is 14.0. The van der Waals surface area contributed by atoms with Gasteiger partial charge in [0, 0.05) is 13.1 Å². The van der Waals surface area contributed by atoms with E-state index in [-0.39, 0.29) is 17.7 Å². The van der Waals surface area contributed by atoms with Crippen LogP contribution >= 0.6 is 0 Å². The van der Waals surface area contributed by atoms with Crippen LogP contribution in [0.25, 0.3) is 0 Å². The van der Waals surface area contributed by atoms with Gasteiger partial charge < -0.3 is 25.4 Å². The van der Waals surface area contributed by atoms with Crippen LogP contribution in [0.4, 0.5) is 5.69 Å². The first-order chi connectivity index (χ1) is 11.3. The number of ether oxygens (including phenoxy) is 1. The van der Waals surface area contributed by atoms with Crippen molar-refractivity contribution in [2.24, 2.45) is 0 Å². The number of rotatable bonds is 9. The number of nitrogens with zero attached hydrogens (tertiary/aromatic N) is 1. The van der Waals surface area contributed by atoms with E-state index in [9.17, 15) is 19.5 Å². The van der Waals surface area contributed by atoms with Gasteiger partial charge in [0.25, 0.3) is 0 Å². The van der Waals surface area contributed by atoms with Crippen LogP contribution in [-0.2, 0) is 14.3 Å². The average molecular weight is 337 g/mol. The maximum Gasteiger partial charge on any atom is 0.339 e. The molecule has 132 valence electrons. The van der Waals surface area contributed by atoms with Gasteiger partial charge in [-0.25, -0.2) is 4.79 Å². The molecule has 0 aromatic heterocycles. The van der Waals surface area contributed by atoms with Crippen molar-refractivity contribution in [2.75, 3.05) is 39.6 Å². The number of carbonyl (C=O) groups is 3. The van der Waals surface area contributed by atoms with Gasteiger partial charge in [0.15, 0.2) is 0 Å². The van der Waals surface area contributed by atoms with Gasteiger partial charge in [0.2, 0.25) is 5.91 Å². The second-order valence-electron chi connectivity index (χ2n) is 5.44. The lowest BCUT2D eigenvalue weighted by Gasteiger charge is -2.17. The van der Waals surface area contributed by atoms with Gasteiger partial charge >= 0.3 is 11.9 Å². The highest BCUT2D eigenvalue weighted by atomic mass is 16.5. The van der Waals surface area contributed by atoms with Crippen LogP contribution in [0.1, 0.15) is 16.8 Å². The summed E-state index contributed by atoms with van der Waals surface area (Å²) in [5.74, 6) is -2.19. The highest BCUT2D eigenvalue weighted by molar-refractivity contribution is 6.02. The third-order valence-electron chi connectivity index (χ3n) is 3.24. The molecule has 24 heavy (non-hydrogen) atoms. The molecule has 0 aliphatic heterocycles. The summed E-state index contributed by atoms with van der Waals surface area (Å²) >= 11 is 0. The molecule has 0 saturated carbocycles. The molecule has 1 atom stereocenters. The Hall–Kier alpha value is -2.45. The summed E-state index contributed by atoms with van der Waals surface area (Å²) in [5.41, 5.74) is 0.493. The van der Waals surface area contributed by atoms with E-state index in [0.29, 0.717) is 13.1 Å². The molecule has 0 bridgehead atoms. The molecule has 0 aliphatic rings. The minimum atomic E-state index is -1.11. The zero-order chi connectivity index (χ0) is 18.1. The number of hydrogen-bond acceptors (Lipinski definition) is 6. The van der Waals surface area contributed by atoms with Crippen molar-refractivity contribution in [3.63, 3.8) is 0 Å². The Morgan fingerprint density at radius 1 is 1.25 bits per heavy atom. The molecule has 1 aromatic rings. The predicted molar refractivity (Wildman–Crippen MR) is 89.0 cm³/mol. The number of carboxylic acids is 1. The number of hydrogen-bond donors (Lipinski definition) is 3. The van der Waals surface area contributed by atoms with Gasteiger partial charge in [-0.15, -0.1) is 0 Å². The molecule has 0 radical (unpaired) electrons. The maximum absolute atomic E-state index is 12.1. The number of benzene rings is 1. The predicted octanol–water partition coefficient (Wildman–Crippen LogP) is 0.406. The normalized spacial score (nSPS) is 11.8. The molecular formula is C16H23N3O5. The fourth-order valence-corrected chi connectivity index (χ4v) is 1.98. The van der Waals surface area contributed by atoms with E-state index < -0.39 is 23.9 Å². The van der Waals surface area contributed by atoms with Crippen molar-refractivity contribution in [1.29, 1.82) is 0 Å². The SMILES string of the molecule is COC(=O)c1ccccc1NC(=O)C[C@H](NCCN(C)C)C(=O)O. The Labute approximate surface area is 140 Å².